The van der Waals surface area contributed by atoms with Crippen molar-refractivity contribution in [2.45, 2.75) is 13.3 Å². The summed E-state index contributed by atoms with van der Waals surface area (Å²) >= 11 is 3.47. The van der Waals surface area contributed by atoms with E-state index in [1.165, 1.54) is 0 Å². The van der Waals surface area contributed by atoms with Crippen LogP contribution >= 0.6 is 15.9 Å². The predicted molar refractivity (Wildman–Crippen MR) is 100 cm³/mol. The van der Waals surface area contributed by atoms with Gasteiger partial charge < -0.3 is 15.2 Å². The zero-order chi connectivity index (χ0) is 17.6. The zero-order valence-electron chi connectivity index (χ0n) is 13.6. The lowest BCUT2D eigenvalue weighted by Crippen LogP contribution is -2.29. The van der Waals surface area contributed by atoms with E-state index < -0.39 is 0 Å². The third kappa shape index (κ3) is 4.24. The van der Waals surface area contributed by atoms with E-state index in [9.17, 15) is 4.79 Å². The van der Waals surface area contributed by atoms with E-state index in [-0.39, 0.29) is 6.03 Å². The molecule has 25 heavy (non-hydrogen) atoms. The van der Waals surface area contributed by atoms with E-state index in [4.69, 9.17) is 4.52 Å². The summed E-state index contributed by atoms with van der Waals surface area (Å²) in [7, 11) is 0. The monoisotopic (exact) mass is 400 g/mol. The van der Waals surface area contributed by atoms with Crippen molar-refractivity contribution < 1.29 is 9.32 Å². The van der Waals surface area contributed by atoms with E-state index in [2.05, 4.69) is 36.7 Å². The van der Waals surface area contributed by atoms with Crippen LogP contribution in [-0.4, -0.2) is 22.7 Å². The molecule has 0 fully saturated rings. The molecule has 1 aromatic heterocycles. The van der Waals surface area contributed by atoms with Crippen molar-refractivity contribution in [2.75, 3.05) is 11.9 Å². The molecule has 0 saturated heterocycles. The van der Waals surface area contributed by atoms with Crippen molar-refractivity contribution >= 4 is 27.6 Å². The third-order valence-corrected chi connectivity index (χ3v) is 4.16. The van der Waals surface area contributed by atoms with Gasteiger partial charge >= 0.3 is 6.03 Å². The lowest BCUT2D eigenvalue weighted by atomic mass is 10.2. The first-order valence-electron chi connectivity index (χ1n) is 7.91. The minimum absolute atomic E-state index is 0.217. The Bertz CT molecular complexity index is 862. The first-order valence-corrected chi connectivity index (χ1v) is 8.70. The molecule has 7 heteroatoms. The standard InChI is InChI=1S/C18H17BrN4O2/c1-2-11-20-18(24)21-13-9-7-12(8-10-13)16-22-17(25-23-16)14-5-3-4-6-15(14)19/h3-10H,2,11H2,1H3,(H2,20,21,24). The summed E-state index contributed by atoms with van der Waals surface area (Å²) < 4.78 is 6.25. The topological polar surface area (TPSA) is 80.0 Å². The molecular weight excluding hydrogens is 384 g/mol. The maximum Gasteiger partial charge on any atom is 0.319 e. The van der Waals surface area contributed by atoms with Gasteiger partial charge in [0, 0.05) is 22.3 Å². The highest BCUT2D eigenvalue weighted by Crippen LogP contribution is 2.28. The molecule has 0 bridgehead atoms. The molecule has 0 radical (unpaired) electrons. The summed E-state index contributed by atoms with van der Waals surface area (Å²) in [6.07, 6.45) is 0.893. The molecule has 0 aliphatic rings. The van der Waals surface area contributed by atoms with Gasteiger partial charge in [0.1, 0.15) is 0 Å². The highest BCUT2D eigenvalue weighted by Gasteiger charge is 2.13. The molecule has 2 N–H and O–H groups in total. The smallest absolute Gasteiger partial charge is 0.319 e. The van der Waals surface area contributed by atoms with Crippen molar-refractivity contribution in [1.29, 1.82) is 0 Å². The van der Waals surface area contributed by atoms with Crippen molar-refractivity contribution in [1.82, 2.24) is 15.5 Å². The van der Waals surface area contributed by atoms with Crippen LogP contribution in [0.1, 0.15) is 13.3 Å². The van der Waals surface area contributed by atoms with Crippen LogP contribution in [0.4, 0.5) is 10.5 Å². The lowest BCUT2D eigenvalue weighted by molar-refractivity contribution is 0.252. The average Bonchev–Trinajstić information content (AvgIpc) is 3.11. The molecule has 3 rings (SSSR count). The molecule has 128 valence electrons. The quantitative estimate of drug-likeness (QED) is 0.650. The van der Waals surface area contributed by atoms with Crippen LogP contribution in [0.2, 0.25) is 0 Å². The van der Waals surface area contributed by atoms with Gasteiger partial charge in [-0.25, -0.2) is 4.79 Å². The van der Waals surface area contributed by atoms with Crippen molar-refractivity contribution in [3.63, 3.8) is 0 Å². The minimum atomic E-state index is -0.217. The zero-order valence-corrected chi connectivity index (χ0v) is 15.2. The molecule has 0 atom stereocenters. The summed E-state index contributed by atoms with van der Waals surface area (Å²) in [6, 6.07) is 14.7. The Hall–Kier alpha value is -2.67. The Kier molecular flexibility index (Phi) is 5.45. The van der Waals surface area contributed by atoms with Gasteiger partial charge in [-0.1, -0.05) is 24.2 Å². The number of benzene rings is 2. The number of hydrogen-bond acceptors (Lipinski definition) is 4. The SMILES string of the molecule is CCCNC(=O)Nc1ccc(-c2noc(-c3ccccc3Br)n2)cc1. The second-order valence-electron chi connectivity index (χ2n) is 5.36. The van der Waals surface area contributed by atoms with Gasteiger partial charge in [-0.05, 0) is 58.7 Å². The highest BCUT2D eigenvalue weighted by atomic mass is 79.9. The summed E-state index contributed by atoms with van der Waals surface area (Å²) in [4.78, 5) is 16.1. The number of nitrogens with one attached hydrogen (secondary N) is 2. The normalized spacial score (nSPS) is 10.5. The number of carbonyl (C=O) groups is 1. The maximum atomic E-state index is 11.7. The minimum Gasteiger partial charge on any atom is -0.338 e. The number of urea groups is 1. The Morgan fingerprint density at radius 3 is 2.64 bits per heavy atom. The Morgan fingerprint density at radius 2 is 1.92 bits per heavy atom. The molecule has 3 aromatic rings. The van der Waals surface area contributed by atoms with Gasteiger partial charge in [-0.3, -0.25) is 0 Å². The number of aromatic nitrogens is 2. The number of hydrogen-bond donors (Lipinski definition) is 2. The van der Waals surface area contributed by atoms with Crippen LogP contribution < -0.4 is 10.6 Å². The summed E-state index contributed by atoms with van der Waals surface area (Å²) in [5, 5.41) is 9.56. The molecule has 6 nitrogen and oxygen atoms in total. The third-order valence-electron chi connectivity index (χ3n) is 3.47. The van der Waals surface area contributed by atoms with Crippen LogP contribution in [0.25, 0.3) is 22.8 Å². The molecular formula is C18H17BrN4O2. The first-order chi connectivity index (χ1) is 12.2. The molecule has 2 aromatic carbocycles. The maximum absolute atomic E-state index is 11.7. The number of carbonyl (C=O) groups excluding carboxylic acids is 1. The van der Waals surface area contributed by atoms with E-state index in [0.717, 1.165) is 22.0 Å². The fourth-order valence-corrected chi connectivity index (χ4v) is 2.66. The number of halogens is 1. The van der Waals surface area contributed by atoms with Crippen molar-refractivity contribution in [3.8, 4) is 22.8 Å². The fraction of sp³-hybridized carbons (Fsp3) is 0.167. The van der Waals surface area contributed by atoms with Gasteiger partial charge in [0.2, 0.25) is 5.82 Å². The summed E-state index contributed by atoms with van der Waals surface area (Å²) in [5.41, 5.74) is 2.35. The molecule has 0 unspecified atom stereocenters. The Balaban J connectivity index is 1.73. The van der Waals surface area contributed by atoms with E-state index in [0.29, 0.717) is 23.9 Å². The Morgan fingerprint density at radius 1 is 1.16 bits per heavy atom. The van der Waals surface area contributed by atoms with Gasteiger partial charge in [0.05, 0.1) is 5.56 Å². The van der Waals surface area contributed by atoms with Crippen LogP contribution in [0.5, 0.6) is 0 Å². The van der Waals surface area contributed by atoms with Crippen LogP contribution in [-0.2, 0) is 0 Å². The lowest BCUT2D eigenvalue weighted by Gasteiger charge is -2.06. The molecule has 2 amide bonds. The van der Waals surface area contributed by atoms with Gasteiger partial charge in [-0.15, -0.1) is 0 Å². The largest absolute Gasteiger partial charge is 0.338 e. The van der Waals surface area contributed by atoms with Crippen LogP contribution in [0, 0.1) is 0 Å². The average molecular weight is 401 g/mol. The second kappa shape index (κ2) is 7.94. The van der Waals surface area contributed by atoms with Gasteiger partial charge in [0.15, 0.2) is 0 Å². The number of nitrogens with zero attached hydrogens (tertiary/aromatic N) is 2. The van der Waals surface area contributed by atoms with Crippen molar-refractivity contribution in [3.05, 3.63) is 53.0 Å². The van der Waals surface area contributed by atoms with Gasteiger partial charge in [-0.2, -0.15) is 4.98 Å². The Labute approximate surface area is 153 Å². The molecule has 0 aliphatic heterocycles. The number of rotatable bonds is 5. The summed E-state index contributed by atoms with van der Waals surface area (Å²) in [6.45, 7) is 2.65. The van der Waals surface area contributed by atoms with E-state index >= 15 is 0 Å². The highest BCUT2D eigenvalue weighted by molar-refractivity contribution is 9.10. The van der Waals surface area contributed by atoms with E-state index in [1.54, 1.807) is 12.1 Å². The van der Waals surface area contributed by atoms with Crippen molar-refractivity contribution in [2.24, 2.45) is 0 Å². The number of amides is 2. The second-order valence-corrected chi connectivity index (χ2v) is 6.22. The number of anilines is 1. The predicted octanol–water partition coefficient (Wildman–Crippen LogP) is 4.70. The molecule has 0 spiro atoms. The van der Waals surface area contributed by atoms with Gasteiger partial charge in [0.25, 0.3) is 5.89 Å². The van der Waals surface area contributed by atoms with Crippen LogP contribution in [0.3, 0.4) is 0 Å². The summed E-state index contributed by atoms with van der Waals surface area (Å²) in [5.74, 6) is 0.941. The van der Waals surface area contributed by atoms with Crippen LogP contribution in [0.15, 0.2) is 57.5 Å². The molecule has 0 aliphatic carbocycles. The molecule has 1 heterocycles. The first kappa shape index (κ1) is 17.2. The molecule has 0 saturated carbocycles. The van der Waals surface area contributed by atoms with E-state index in [1.807, 2.05) is 43.3 Å². The fourth-order valence-electron chi connectivity index (χ4n) is 2.20.